The lowest BCUT2D eigenvalue weighted by Crippen LogP contribution is -2.28. The number of halogens is 2. The van der Waals surface area contributed by atoms with E-state index in [2.05, 4.69) is 5.32 Å². The summed E-state index contributed by atoms with van der Waals surface area (Å²) in [5, 5.41) is 11.9. The summed E-state index contributed by atoms with van der Waals surface area (Å²) in [6.45, 7) is 1.40. The van der Waals surface area contributed by atoms with E-state index in [1.54, 1.807) is 0 Å². The fraction of sp³-hybridized carbons (Fsp3) is 1.00. The highest BCUT2D eigenvalue weighted by Crippen LogP contribution is 1.85. The number of rotatable bonds is 6. The first-order valence-corrected chi connectivity index (χ1v) is 4.39. The Balaban J connectivity index is 2.89. The van der Waals surface area contributed by atoms with Crippen LogP contribution in [0, 0.1) is 0 Å². The lowest BCUT2D eigenvalue weighted by Gasteiger charge is -2.06. The second-order valence-electron chi connectivity index (χ2n) is 2.05. The summed E-state index contributed by atoms with van der Waals surface area (Å²) in [6, 6.07) is 0. The van der Waals surface area contributed by atoms with Crippen molar-refractivity contribution in [1.82, 2.24) is 5.32 Å². The summed E-state index contributed by atoms with van der Waals surface area (Å²) in [5.74, 6) is 0.942. The highest BCUT2D eigenvalue weighted by Gasteiger charge is 1.98. The monoisotopic (exact) mass is 185 g/mol. The molecule has 0 aromatic rings. The van der Waals surface area contributed by atoms with Crippen molar-refractivity contribution in [3.63, 3.8) is 0 Å². The van der Waals surface area contributed by atoms with Crippen LogP contribution in [0.3, 0.4) is 0 Å². The Morgan fingerprint density at radius 2 is 2.10 bits per heavy atom. The molecule has 0 amide bonds. The van der Waals surface area contributed by atoms with Gasteiger partial charge in [-0.05, 0) is 13.0 Å². The van der Waals surface area contributed by atoms with Crippen molar-refractivity contribution < 1.29 is 5.11 Å². The van der Waals surface area contributed by atoms with Crippen molar-refractivity contribution >= 4 is 23.2 Å². The fourth-order valence-electron chi connectivity index (χ4n) is 0.515. The summed E-state index contributed by atoms with van der Waals surface area (Å²) in [7, 11) is 0. The van der Waals surface area contributed by atoms with Crippen LogP contribution in [-0.4, -0.2) is 36.1 Å². The van der Waals surface area contributed by atoms with Crippen molar-refractivity contribution in [2.45, 2.75) is 12.5 Å². The highest BCUT2D eigenvalue weighted by atomic mass is 35.5. The minimum atomic E-state index is -0.433. The zero-order valence-corrected chi connectivity index (χ0v) is 7.33. The lowest BCUT2D eigenvalue weighted by atomic mass is 10.4. The average molecular weight is 186 g/mol. The van der Waals surface area contributed by atoms with Gasteiger partial charge in [0.05, 0.1) is 6.10 Å². The molecule has 0 rings (SSSR count). The van der Waals surface area contributed by atoms with Gasteiger partial charge in [-0.1, -0.05) is 0 Å². The molecular weight excluding hydrogens is 173 g/mol. The van der Waals surface area contributed by atoms with Gasteiger partial charge >= 0.3 is 0 Å². The second-order valence-corrected chi connectivity index (χ2v) is 2.74. The number of hydrogen-bond acceptors (Lipinski definition) is 2. The number of alkyl halides is 2. The van der Waals surface area contributed by atoms with E-state index in [1.807, 2.05) is 0 Å². The van der Waals surface area contributed by atoms with E-state index in [4.69, 9.17) is 28.3 Å². The predicted molar refractivity (Wildman–Crippen MR) is 44.9 cm³/mol. The van der Waals surface area contributed by atoms with E-state index in [1.165, 1.54) is 0 Å². The molecule has 0 aliphatic rings. The van der Waals surface area contributed by atoms with Gasteiger partial charge < -0.3 is 10.4 Å². The van der Waals surface area contributed by atoms with Crippen LogP contribution in [0.4, 0.5) is 0 Å². The number of nitrogens with one attached hydrogen (secondary N) is 1. The molecule has 2 nitrogen and oxygen atoms in total. The van der Waals surface area contributed by atoms with Gasteiger partial charge in [0, 0.05) is 18.3 Å². The van der Waals surface area contributed by atoms with Gasteiger partial charge in [-0.25, -0.2) is 0 Å². The molecule has 1 unspecified atom stereocenters. The van der Waals surface area contributed by atoms with Gasteiger partial charge in [0.15, 0.2) is 0 Å². The van der Waals surface area contributed by atoms with E-state index in [0.29, 0.717) is 12.4 Å². The van der Waals surface area contributed by atoms with Crippen molar-refractivity contribution in [2.24, 2.45) is 0 Å². The molecule has 0 aliphatic heterocycles. The number of aliphatic hydroxyl groups excluding tert-OH is 1. The van der Waals surface area contributed by atoms with Crippen LogP contribution in [0.1, 0.15) is 6.42 Å². The molecule has 1 atom stereocenters. The molecule has 0 radical (unpaired) electrons. The molecule has 0 saturated carbocycles. The molecule has 0 aromatic heterocycles. The minimum Gasteiger partial charge on any atom is -0.391 e. The van der Waals surface area contributed by atoms with E-state index >= 15 is 0 Å². The third-order valence-corrected chi connectivity index (χ3v) is 1.67. The van der Waals surface area contributed by atoms with Crippen molar-refractivity contribution in [3.8, 4) is 0 Å². The fourth-order valence-corrected chi connectivity index (χ4v) is 0.758. The Hall–Kier alpha value is 0.500. The summed E-state index contributed by atoms with van der Waals surface area (Å²) < 4.78 is 0. The molecule has 0 bridgehead atoms. The zero-order valence-electron chi connectivity index (χ0n) is 5.82. The summed E-state index contributed by atoms with van der Waals surface area (Å²) in [5.41, 5.74) is 0. The van der Waals surface area contributed by atoms with Crippen molar-refractivity contribution in [3.05, 3.63) is 0 Å². The highest BCUT2D eigenvalue weighted by molar-refractivity contribution is 6.18. The van der Waals surface area contributed by atoms with E-state index < -0.39 is 6.10 Å². The van der Waals surface area contributed by atoms with E-state index in [-0.39, 0.29) is 5.88 Å². The first kappa shape index (κ1) is 10.5. The van der Waals surface area contributed by atoms with Crippen LogP contribution < -0.4 is 5.32 Å². The number of hydrogen-bond donors (Lipinski definition) is 2. The molecule has 2 N–H and O–H groups in total. The smallest absolute Gasteiger partial charge is 0.0799 e. The summed E-state index contributed by atoms with van der Waals surface area (Å²) >= 11 is 10.8. The molecule has 0 aromatic carbocycles. The second kappa shape index (κ2) is 7.61. The molecule has 0 fully saturated rings. The maximum absolute atomic E-state index is 8.93. The predicted octanol–water partition coefficient (Wildman–Crippen LogP) is 0.805. The maximum Gasteiger partial charge on any atom is 0.0799 e. The Kier molecular flexibility index (Phi) is 7.99. The topological polar surface area (TPSA) is 32.3 Å². The molecule has 0 saturated heterocycles. The van der Waals surface area contributed by atoms with Crippen LogP contribution in [0.2, 0.25) is 0 Å². The quantitative estimate of drug-likeness (QED) is 0.475. The Labute approximate surface area is 71.5 Å². The normalized spacial score (nSPS) is 13.5. The SMILES string of the molecule is OC(CCl)CNCCCCl. The minimum absolute atomic E-state index is 0.286. The largest absolute Gasteiger partial charge is 0.391 e. The van der Waals surface area contributed by atoms with E-state index in [9.17, 15) is 0 Å². The third kappa shape index (κ3) is 6.62. The van der Waals surface area contributed by atoms with Gasteiger partial charge in [-0.2, -0.15) is 0 Å². The molecule has 0 spiro atoms. The molecular formula is C6H13Cl2NO. The first-order valence-electron chi connectivity index (χ1n) is 3.32. The summed E-state index contributed by atoms with van der Waals surface area (Å²) in [4.78, 5) is 0. The number of aliphatic hydroxyl groups is 1. The van der Waals surface area contributed by atoms with Crippen LogP contribution in [0.25, 0.3) is 0 Å². The standard InChI is InChI=1S/C6H13Cl2NO/c7-2-1-3-9-5-6(10)4-8/h6,9-10H,1-5H2. The van der Waals surface area contributed by atoms with Crippen LogP contribution in [0.5, 0.6) is 0 Å². The molecule has 0 aliphatic carbocycles. The Morgan fingerprint density at radius 3 is 2.60 bits per heavy atom. The van der Waals surface area contributed by atoms with E-state index in [0.717, 1.165) is 13.0 Å². The lowest BCUT2D eigenvalue weighted by molar-refractivity contribution is 0.195. The van der Waals surface area contributed by atoms with Crippen molar-refractivity contribution in [2.75, 3.05) is 24.8 Å². The summed E-state index contributed by atoms with van der Waals surface area (Å²) in [6.07, 6.45) is 0.494. The van der Waals surface area contributed by atoms with Gasteiger partial charge in [0.25, 0.3) is 0 Å². The van der Waals surface area contributed by atoms with Crippen molar-refractivity contribution in [1.29, 1.82) is 0 Å². The van der Waals surface area contributed by atoms with Gasteiger partial charge in [-0.15, -0.1) is 23.2 Å². The van der Waals surface area contributed by atoms with Gasteiger partial charge in [0.1, 0.15) is 0 Å². The first-order chi connectivity index (χ1) is 4.81. The zero-order chi connectivity index (χ0) is 7.82. The van der Waals surface area contributed by atoms with Crippen LogP contribution >= 0.6 is 23.2 Å². The molecule has 10 heavy (non-hydrogen) atoms. The third-order valence-electron chi connectivity index (χ3n) is 1.05. The van der Waals surface area contributed by atoms with Crippen LogP contribution in [0.15, 0.2) is 0 Å². The molecule has 62 valence electrons. The van der Waals surface area contributed by atoms with Gasteiger partial charge in [0.2, 0.25) is 0 Å². The molecule has 4 heteroatoms. The van der Waals surface area contributed by atoms with Crippen LogP contribution in [-0.2, 0) is 0 Å². The average Bonchev–Trinajstić information content (AvgIpc) is 1.98. The van der Waals surface area contributed by atoms with Gasteiger partial charge in [-0.3, -0.25) is 0 Å². The molecule has 0 heterocycles. The Bertz CT molecular complexity index is 72.8. The maximum atomic E-state index is 8.93. The Morgan fingerprint density at radius 1 is 1.40 bits per heavy atom.